The van der Waals surface area contributed by atoms with Crippen LogP contribution in [0.25, 0.3) is 0 Å². The van der Waals surface area contributed by atoms with Gasteiger partial charge in [0.25, 0.3) is 0 Å². The largest absolute Gasteiger partial charge is 0.250 e. The molecule has 0 bridgehead atoms. The van der Waals surface area contributed by atoms with Gasteiger partial charge in [-0.2, -0.15) is 0 Å². The average molecular weight is 374 g/mol. The van der Waals surface area contributed by atoms with Crippen LogP contribution in [0.5, 0.6) is 0 Å². The van der Waals surface area contributed by atoms with E-state index in [1.54, 1.807) is 12.1 Å². The van der Waals surface area contributed by atoms with E-state index in [2.05, 4.69) is 32.8 Å². The van der Waals surface area contributed by atoms with E-state index in [0.29, 0.717) is 17.2 Å². The SMILES string of the molecule is Cc1ccc(CCNS(=O)(=O)c2ccc(Br)s2)c(C)c1. The first kappa shape index (κ1) is 15.7. The number of sulfonamides is 1. The maximum Gasteiger partial charge on any atom is 0.250 e. The molecule has 0 radical (unpaired) electrons. The Morgan fingerprint density at radius 1 is 1.20 bits per heavy atom. The molecule has 0 spiro atoms. The van der Waals surface area contributed by atoms with Gasteiger partial charge in [0.2, 0.25) is 10.0 Å². The number of rotatable bonds is 5. The number of hydrogen-bond acceptors (Lipinski definition) is 3. The van der Waals surface area contributed by atoms with E-state index in [0.717, 1.165) is 3.79 Å². The van der Waals surface area contributed by atoms with Crippen LogP contribution in [-0.2, 0) is 16.4 Å². The van der Waals surface area contributed by atoms with Gasteiger partial charge in [-0.1, -0.05) is 23.8 Å². The highest BCUT2D eigenvalue weighted by Crippen LogP contribution is 2.25. The fourth-order valence-corrected chi connectivity index (χ4v) is 5.05. The zero-order chi connectivity index (χ0) is 14.8. The van der Waals surface area contributed by atoms with Gasteiger partial charge in [-0.25, -0.2) is 13.1 Å². The van der Waals surface area contributed by atoms with Gasteiger partial charge in [0, 0.05) is 6.54 Å². The summed E-state index contributed by atoms with van der Waals surface area (Å²) in [5, 5.41) is 0. The summed E-state index contributed by atoms with van der Waals surface area (Å²) in [6, 6.07) is 9.56. The van der Waals surface area contributed by atoms with Crippen LogP contribution in [0.3, 0.4) is 0 Å². The molecule has 0 saturated carbocycles. The quantitative estimate of drug-likeness (QED) is 0.869. The molecule has 20 heavy (non-hydrogen) atoms. The van der Waals surface area contributed by atoms with Gasteiger partial charge >= 0.3 is 0 Å². The van der Waals surface area contributed by atoms with Gasteiger partial charge in [0.15, 0.2) is 0 Å². The highest BCUT2D eigenvalue weighted by Gasteiger charge is 2.15. The summed E-state index contributed by atoms with van der Waals surface area (Å²) in [6.07, 6.45) is 0.692. The molecule has 1 N–H and O–H groups in total. The van der Waals surface area contributed by atoms with Gasteiger partial charge in [0.05, 0.1) is 3.79 Å². The molecule has 0 saturated heterocycles. The Labute approximate surface area is 132 Å². The van der Waals surface area contributed by atoms with Crippen LogP contribution in [0, 0.1) is 13.8 Å². The fourth-order valence-electron chi connectivity index (χ4n) is 1.96. The molecular formula is C14H16BrNO2S2. The first-order valence-electron chi connectivity index (χ1n) is 6.19. The first-order chi connectivity index (χ1) is 9.38. The predicted molar refractivity (Wildman–Crippen MR) is 86.8 cm³/mol. The number of aryl methyl sites for hydroxylation is 2. The van der Waals surface area contributed by atoms with Gasteiger partial charge in [0.1, 0.15) is 4.21 Å². The van der Waals surface area contributed by atoms with Crippen molar-refractivity contribution >= 4 is 37.3 Å². The van der Waals surface area contributed by atoms with Crippen LogP contribution >= 0.6 is 27.3 Å². The van der Waals surface area contributed by atoms with E-state index in [4.69, 9.17) is 0 Å². The highest BCUT2D eigenvalue weighted by molar-refractivity contribution is 9.11. The summed E-state index contributed by atoms with van der Waals surface area (Å²) in [7, 11) is -3.39. The Kier molecular flexibility index (Phi) is 5.01. The molecule has 0 unspecified atom stereocenters. The van der Waals surface area contributed by atoms with Crippen molar-refractivity contribution in [2.45, 2.75) is 24.5 Å². The lowest BCUT2D eigenvalue weighted by Gasteiger charge is -2.08. The van der Waals surface area contributed by atoms with E-state index >= 15 is 0 Å². The van der Waals surface area contributed by atoms with E-state index in [-0.39, 0.29) is 0 Å². The maximum atomic E-state index is 12.1. The molecule has 1 heterocycles. The predicted octanol–water partition coefficient (Wildman–Crippen LogP) is 3.65. The number of nitrogens with one attached hydrogen (secondary N) is 1. The summed E-state index contributed by atoms with van der Waals surface area (Å²) in [4.78, 5) is 0. The second kappa shape index (κ2) is 6.39. The summed E-state index contributed by atoms with van der Waals surface area (Å²) in [5.41, 5.74) is 3.59. The minimum atomic E-state index is -3.39. The smallest absolute Gasteiger partial charge is 0.210 e. The van der Waals surface area contributed by atoms with Gasteiger partial charge in [-0.15, -0.1) is 11.3 Å². The van der Waals surface area contributed by atoms with E-state index in [1.165, 1.54) is 28.0 Å². The molecule has 0 atom stereocenters. The van der Waals surface area contributed by atoms with Crippen molar-refractivity contribution in [3.8, 4) is 0 Å². The monoisotopic (exact) mass is 373 g/mol. The van der Waals surface area contributed by atoms with Crippen LogP contribution in [0.2, 0.25) is 0 Å². The summed E-state index contributed by atoms with van der Waals surface area (Å²) in [5.74, 6) is 0. The summed E-state index contributed by atoms with van der Waals surface area (Å²) < 4.78 is 27.9. The van der Waals surface area contributed by atoms with Crippen molar-refractivity contribution < 1.29 is 8.42 Å². The molecule has 0 amide bonds. The third-order valence-electron chi connectivity index (χ3n) is 3.00. The summed E-state index contributed by atoms with van der Waals surface area (Å²) >= 11 is 4.48. The zero-order valence-corrected chi connectivity index (χ0v) is 14.5. The van der Waals surface area contributed by atoms with Crippen molar-refractivity contribution in [1.29, 1.82) is 0 Å². The standard InChI is InChI=1S/C14H16BrNO2S2/c1-10-3-4-12(11(2)9-10)7-8-16-20(17,18)14-6-5-13(15)19-14/h3-6,9,16H,7-8H2,1-2H3. The van der Waals surface area contributed by atoms with Crippen LogP contribution in [0.4, 0.5) is 0 Å². The average Bonchev–Trinajstić information content (AvgIpc) is 2.79. The lowest BCUT2D eigenvalue weighted by Crippen LogP contribution is -2.25. The minimum Gasteiger partial charge on any atom is -0.210 e. The molecular weight excluding hydrogens is 358 g/mol. The molecule has 3 nitrogen and oxygen atoms in total. The molecule has 2 rings (SSSR count). The van der Waals surface area contributed by atoms with Crippen molar-refractivity contribution in [1.82, 2.24) is 4.72 Å². The van der Waals surface area contributed by atoms with Gasteiger partial charge in [-0.3, -0.25) is 0 Å². The zero-order valence-electron chi connectivity index (χ0n) is 11.3. The molecule has 0 aliphatic heterocycles. The van der Waals surface area contributed by atoms with Gasteiger partial charge < -0.3 is 0 Å². The minimum absolute atomic E-state index is 0.338. The van der Waals surface area contributed by atoms with Crippen molar-refractivity contribution in [3.05, 3.63) is 50.8 Å². The van der Waals surface area contributed by atoms with E-state index < -0.39 is 10.0 Å². The lowest BCUT2D eigenvalue weighted by molar-refractivity contribution is 0.583. The molecule has 0 aliphatic rings. The molecule has 0 fully saturated rings. The van der Waals surface area contributed by atoms with Gasteiger partial charge in [-0.05, 0) is 59.5 Å². The normalized spacial score (nSPS) is 11.8. The number of thiophene rings is 1. The molecule has 6 heteroatoms. The Hall–Kier alpha value is -0.690. The third kappa shape index (κ3) is 3.91. The van der Waals surface area contributed by atoms with Crippen LogP contribution in [0.1, 0.15) is 16.7 Å². The van der Waals surface area contributed by atoms with Crippen molar-refractivity contribution in [2.24, 2.45) is 0 Å². The molecule has 2 aromatic rings. The molecule has 1 aromatic heterocycles. The van der Waals surface area contributed by atoms with Crippen LogP contribution in [0.15, 0.2) is 38.3 Å². The fraction of sp³-hybridized carbons (Fsp3) is 0.286. The number of benzene rings is 1. The Morgan fingerprint density at radius 2 is 1.95 bits per heavy atom. The summed E-state index contributed by atoms with van der Waals surface area (Å²) in [6.45, 7) is 4.50. The second-order valence-corrected chi connectivity index (χ2v) is 9.09. The lowest BCUT2D eigenvalue weighted by atomic mass is 10.0. The maximum absolute atomic E-state index is 12.1. The molecule has 108 valence electrons. The Morgan fingerprint density at radius 3 is 2.55 bits per heavy atom. The molecule has 1 aromatic carbocycles. The van der Waals surface area contributed by atoms with Crippen LogP contribution < -0.4 is 4.72 Å². The van der Waals surface area contributed by atoms with Crippen LogP contribution in [-0.4, -0.2) is 15.0 Å². The first-order valence-corrected chi connectivity index (χ1v) is 9.29. The van der Waals surface area contributed by atoms with E-state index in [9.17, 15) is 8.42 Å². The number of hydrogen-bond donors (Lipinski definition) is 1. The third-order valence-corrected chi connectivity index (χ3v) is 6.57. The molecule has 0 aliphatic carbocycles. The highest BCUT2D eigenvalue weighted by atomic mass is 79.9. The Bertz CT molecular complexity index is 708. The second-order valence-electron chi connectivity index (χ2n) is 4.64. The van der Waals surface area contributed by atoms with E-state index in [1.807, 2.05) is 19.9 Å². The number of halogens is 1. The van der Waals surface area contributed by atoms with Crippen molar-refractivity contribution in [2.75, 3.05) is 6.54 Å². The van der Waals surface area contributed by atoms with Crippen molar-refractivity contribution in [3.63, 3.8) is 0 Å². The topological polar surface area (TPSA) is 46.2 Å². The Balaban J connectivity index is 1.99.